The third-order valence-electron chi connectivity index (χ3n) is 4.49. The number of carbonyl (C=O) groups is 1. The molecule has 124 valence electrons. The first-order valence-corrected chi connectivity index (χ1v) is 9.09. The van der Waals surface area contributed by atoms with E-state index < -0.39 is 5.97 Å². The van der Waals surface area contributed by atoms with Gasteiger partial charge in [0.15, 0.2) is 0 Å². The molecule has 21 heavy (non-hydrogen) atoms. The molecule has 2 unspecified atom stereocenters. The van der Waals surface area contributed by atoms with E-state index in [1.54, 1.807) is 0 Å². The molecule has 1 heterocycles. The van der Waals surface area contributed by atoms with Crippen LogP contribution in [0.2, 0.25) is 0 Å². The van der Waals surface area contributed by atoms with Crippen molar-refractivity contribution in [1.29, 1.82) is 0 Å². The quantitative estimate of drug-likeness (QED) is 0.468. The van der Waals surface area contributed by atoms with Crippen LogP contribution in [0, 0.1) is 0 Å². The van der Waals surface area contributed by atoms with E-state index in [1.807, 2.05) is 0 Å². The maximum Gasteiger partial charge on any atom is 0.303 e. The number of carboxylic acids is 1. The standard InChI is InChI=1S/C18H34O3/c1-2-3-4-5-6-8-11-16-14-15-17(21-16)12-9-7-10-13-18(19)20/h16-17H,2-15H2,1H3,(H,19,20). The average molecular weight is 298 g/mol. The summed E-state index contributed by atoms with van der Waals surface area (Å²) in [7, 11) is 0. The maximum atomic E-state index is 10.4. The molecule has 0 aromatic rings. The molecule has 0 aromatic heterocycles. The molecule has 1 fully saturated rings. The lowest BCUT2D eigenvalue weighted by atomic mass is 10.0. The van der Waals surface area contributed by atoms with Crippen LogP contribution >= 0.6 is 0 Å². The van der Waals surface area contributed by atoms with Gasteiger partial charge in [0.25, 0.3) is 0 Å². The molecular weight excluding hydrogens is 264 g/mol. The van der Waals surface area contributed by atoms with Crippen molar-refractivity contribution in [2.24, 2.45) is 0 Å². The number of ether oxygens (including phenoxy) is 1. The Hall–Kier alpha value is -0.570. The first kappa shape index (κ1) is 18.5. The average Bonchev–Trinajstić information content (AvgIpc) is 2.90. The van der Waals surface area contributed by atoms with Crippen LogP contribution in [-0.2, 0) is 9.53 Å². The molecule has 3 nitrogen and oxygen atoms in total. The van der Waals surface area contributed by atoms with Crippen LogP contribution in [0.15, 0.2) is 0 Å². The zero-order valence-electron chi connectivity index (χ0n) is 13.8. The molecule has 2 atom stereocenters. The van der Waals surface area contributed by atoms with Gasteiger partial charge in [0.1, 0.15) is 0 Å². The highest BCUT2D eigenvalue weighted by molar-refractivity contribution is 5.66. The monoisotopic (exact) mass is 298 g/mol. The van der Waals surface area contributed by atoms with Crippen molar-refractivity contribution in [1.82, 2.24) is 0 Å². The lowest BCUT2D eigenvalue weighted by Crippen LogP contribution is -2.10. The Labute approximate surface area is 130 Å². The smallest absolute Gasteiger partial charge is 0.303 e. The van der Waals surface area contributed by atoms with Crippen LogP contribution in [0.1, 0.15) is 96.8 Å². The Morgan fingerprint density at radius 1 is 0.905 bits per heavy atom. The molecular formula is C18H34O3. The number of aliphatic carboxylic acids is 1. The summed E-state index contributed by atoms with van der Waals surface area (Å²) in [6.07, 6.45) is 17.1. The van der Waals surface area contributed by atoms with Gasteiger partial charge in [0.2, 0.25) is 0 Å². The summed E-state index contributed by atoms with van der Waals surface area (Å²) >= 11 is 0. The van der Waals surface area contributed by atoms with E-state index in [9.17, 15) is 4.79 Å². The molecule has 0 aromatic carbocycles. The van der Waals surface area contributed by atoms with Crippen molar-refractivity contribution >= 4 is 5.97 Å². The zero-order chi connectivity index (χ0) is 15.3. The van der Waals surface area contributed by atoms with Gasteiger partial charge in [-0.3, -0.25) is 4.79 Å². The van der Waals surface area contributed by atoms with Crippen molar-refractivity contribution < 1.29 is 14.6 Å². The summed E-state index contributed by atoms with van der Waals surface area (Å²) < 4.78 is 6.10. The molecule has 0 amide bonds. The molecule has 0 bridgehead atoms. The van der Waals surface area contributed by atoms with Gasteiger partial charge in [-0.2, -0.15) is 0 Å². The van der Waals surface area contributed by atoms with Gasteiger partial charge in [0.05, 0.1) is 12.2 Å². The van der Waals surface area contributed by atoms with Crippen molar-refractivity contribution in [3.63, 3.8) is 0 Å². The predicted octanol–water partition coefficient (Wildman–Crippen LogP) is 5.32. The summed E-state index contributed by atoms with van der Waals surface area (Å²) in [5.74, 6) is -0.675. The number of carboxylic acid groups (broad SMARTS) is 1. The number of hydrogen-bond donors (Lipinski definition) is 1. The maximum absolute atomic E-state index is 10.4. The molecule has 1 aliphatic rings. The predicted molar refractivity (Wildman–Crippen MR) is 86.6 cm³/mol. The molecule has 1 aliphatic heterocycles. The van der Waals surface area contributed by atoms with Gasteiger partial charge >= 0.3 is 5.97 Å². The second-order valence-corrected chi connectivity index (χ2v) is 6.51. The van der Waals surface area contributed by atoms with E-state index in [1.165, 1.54) is 57.8 Å². The van der Waals surface area contributed by atoms with E-state index in [4.69, 9.17) is 9.84 Å². The van der Waals surface area contributed by atoms with Crippen molar-refractivity contribution in [3.8, 4) is 0 Å². The van der Waals surface area contributed by atoms with Gasteiger partial charge < -0.3 is 9.84 Å². The topological polar surface area (TPSA) is 46.5 Å². The molecule has 0 saturated carbocycles. The van der Waals surface area contributed by atoms with Crippen molar-refractivity contribution in [3.05, 3.63) is 0 Å². The van der Waals surface area contributed by atoms with Crippen molar-refractivity contribution in [2.75, 3.05) is 0 Å². The van der Waals surface area contributed by atoms with E-state index in [2.05, 4.69) is 6.92 Å². The summed E-state index contributed by atoms with van der Waals surface area (Å²) in [4.78, 5) is 10.4. The Morgan fingerprint density at radius 2 is 1.43 bits per heavy atom. The highest BCUT2D eigenvalue weighted by atomic mass is 16.5. The summed E-state index contributed by atoms with van der Waals surface area (Å²) in [5.41, 5.74) is 0. The van der Waals surface area contributed by atoms with Crippen LogP contribution in [0.4, 0.5) is 0 Å². The highest BCUT2D eigenvalue weighted by Gasteiger charge is 2.24. The van der Waals surface area contributed by atoms with Crippen LogP contribution < -0.4 is 0 Å². The minimum Gasteiger partial charge on any atom is -0.481 e. The van der Waals surface area contributed by atoms with Crippen LogP contribution in [0.5, 0.6) is 0 Å². The molecule has 1 N–H and O–H groups in total. The Morgan fingerprint density at radius 3 is 2.00 bits per heavy atom. The van der Waals surface area contributed by atoms with E-state index >= 15 is 0 Å². The first-order valence-electron chi connectivity index (χ1n) is 9.09. The van der Waals surface area contributed by atoms with Gasteiger partial charge in [-0.05, 0) is 32.1 Å². The Bertz CT molecular complexity index is 265. The minimum atomic E-state index is -0.675. The Balaban J connectivity index is 1.91. The molecule has 3 heteroatoms. The van der Waals surface area contributed by atoms with E-state index in [0.717, 1.165) is 25.7 Å². The molecule has 0 spiro atoms. The third-order valence-corrected chi connectivity index (χ3v) is 4.49. The molecule has 0 aliphatic carbocycles. The summed E-state index contributed by atoms with van der Waals surface area (Å²) in [6, 6.07) is 0. The fourth-order valence-corrected chi connectivity index (χ4v) is 3.18. The normalized spacial score (nSPS) is 21.8. The van der Waals surface area contributed by atoms with E-state index in [-0.39, 0.29) is 0 Å². The molecule has 0 radical (unpaired) electrons. The SMILES string of the molecule is CCCCCCCCC1CCC(CCCCCC(=O)O)O1. The van der Waals surface area contributed by atoms with Gasteiger partial charge in [-0.25, -0.2) is 0 Å². The lowest BCUT2D eigenvalue weighted by Gasteiger charge is -2.13. The largest absolute Gasteiger partial charge is 0.481 e. The minimum absolute atomic E-state index is 0.312. The second-order valence-electron chi connectivity index (χ2n) is 6.51. The van der Waals surface area contributed by atoms with Gasteiger partial charge in [-0.15, -0.1) is 0 Å². The highest BCUT2D eigenvalue weighted by Crippen LogP contribution is 2.27. The zero-order valence-corrected chi connectivity index (χ0v) is 13.8. The number of rotatable bonds is 13. The first-order chi connectivity index (χ1) is 10.2. The van der Waals surface area contributed by atoms with Crippen LogP contribution in [-0.4, -0.2) is 23.3 Å². The summed E-state index contributed by atoms with van der Waals surface area (Å²) in [5, 5.41) is 8.58. The summed E-state index contributed by atoms with van der Waals surface area (Å²) in [6.45, 7) is 2.26. The van der Waals surface area contributed by atoms with Crippen LogP contribution in [0.3, 0.4) is 0 Å². The van der Waals surface area contributed by atoms with Crippen LogP contribution in [0.25, 0.3) is 0 Å². The van der Waals surface area contributed by atoms with Gasteiger partial charge in [0, 0.05) is 6.42 Å². The number of hydrogen-bond acceptors (Lipinski definition) is 2. The van der Waals surface area contributed by atoms with E-state index in [0.29, 0.717) is 18.6 Å². The third kappa shape index (κ3) is 9.89. The van der Waals surface area contributed by atoms with Gasteiger partial charge in [-0.1, -0.05) is 58.3 Å². The molecule has 1 saturated heterocycles. The lowest BCUT2D eigenvalue weighted by molar-refractivity contribution is -0.137. The fraction of sp³-hybridized carbons (Fsp3) is 0.944. The Kier molecular flexibility index (Phi) is 10.6. The fourth-order valence-electron chi connectivity index (χ4n) is 3.18. The van der Waals surface area contributed by atoms with Crippen molar-refractivity contribution in [2.45, 2.75) is 109 Å². The molecule has 1 rings (SSSR count). The number of unbranched alkanes of at least 4 members (excludes halogenated alkanes) is 7. The second kappa shape index (κ2) is 12.0.